The van der Waals surface area contributed by atoms with Crippen molar-refractivity contribution in [1.29, 1.82) is 0 Å². The molecular formula is C24H18ClN5O2S. The van der Waals surface area contributed by atoms with Gasteiger partial charge in [0.25, 0.3) is 0 Å². The summed E-state index contributed by atoms with van der Waals surface area (Å²) in [5.74, 6) is 1.84. The van der Waals surface area contributed by atoms with Crippen molar-refractivity contribution in [2.24, 2.45) is 0 Å². The second kappa shape index (κ2) is 9.01. The van der Waals surface area contributed by atoms with Crippen LogP contribution in [0.2, 0.25) is 5.02 Å². The molecule has 0 aliphatic heterocycles. The molecule has 1 N–H and O–H groups in total. The molecule has 0 fully saturated rings. The fraction of sp³-hybridized carbons (Fsp3) is 0.0833. The number of nitrogens with one attached hydrogen (secondary N) is 1. The SMILES string of the molecule is CCc1nnc2sc(-c3cccc(NC(=O)/C=C/c4ccc(-c5ccc(Cl)cc5)o4)c3)nn12. The maximum atomic E-state index is 12.4. The Balaban J connectivity index is 1.27. The summed E-state index contributed by atoms with van der Waals surface area (Å²) in [5.41, 5.74) is 2.48. The molecule has 164 valence electrons. The van der Waals surface area contributed by atoms with Crippen molar-refractivity contribution in [2.45, 2.75) is 13.3 Å². The van der Waals surface area contributed by atoms with Gasteiger partial charge in [-0.25, -0.2) is 0 Å². The fourth-order valence-electron chi connectivity index (χ4n) is 3.28. The van der Waals surface area contributed by atoms with Gasteiger partial charge in [0, 0.05) is 34.3 Å². The van der Waals surface area contributed by atoms with Crippen LogP contribution in [0.15, 0.2) is 71.2 Å². The van der Waals surface area contributed by atoms with Gasteiger partial charge in [-0.2, -0.15) is 9.61 Å². The van der Waals surface area contributed by atoms with E-state index in [0.717, 1.165) is 33.3 Å². The third-order valence-corrected chi connectivity index (χ3v) is 6.10. The molecule has 5 aromatic rings. The number of aryl methyl sites for hydroxylation is 1. The first-order valence-electron chi connectivity index (χ1n) is 10.3. The summed E-state index contributed by atoms with van der Waals surface area (Å²) in [5, 5.41) is 17.2. The van der Waals surface area contributed by atoms with Gasteiger partial charge in [0.2, 0.25) is 10.9 Å². The molecule has 0 aliphatic rings. The van der Waals surface area contributed by atoms with Crippen LogP contribution in [-0.2, 0) is 11.2 Å². The van der Waals surface area contributed by atoms with E-state index in [9.17, 15) is 4.79 Å². The standard InChI is InChI=1S/C24H18ClN5O2S/c1-2-21-27-28-24-30(21)29-23(33-24)16-4-3-5-18(14-16)26-22(31)13-11-19-10-12-20(32-19)15-6-8-17(25)9-7-15/h3-14H,2H2,1H3,(H,26,31)/b13-11+. The fourth-order valence-corrected chi connectivity index (χ4v) is 4.26. The van der Waals surface area contributed by atoms with Crippen molar-refractivity contribution < 1.29 is 9.21 Å². The molecule has 0 spiro atoms. The second-order valence-electron chi connectivity index (χ2n) is 7.18. The minimum absolute atomic E-state index is 0.261. The van der Waals surface area contributed by atoms with Crippen LogP contribution in [0.4, 0.5) is 5.69 Å². The molecule has 0 atom stereocenters. The van der Waals surface area contributed by atoms with Gasteiger partial charge >= 0.3 is 0 Å². The third kappa shape index (κ3) is 4.57. The molecule has 3 aromatic heterocycles. The molecule has 0 saturated carbocycles. The highest BCUT2D eigenvalue weighted by atomic mass is 35.5. The Labute approximate surface area is 198 Å². The summed E-state index contributed by atoms with van der Waals surface area (Å²) in [4.78, 5) is 13.2. The minimum atomic E-state index is -0.261. The van der Waals surface area contributed by atoms with Crippen molar-refractivity contribution in [2.75, 3.05) is 5.32 Å². The Bertz CT molecular complexity index is 1470. The number of amides is 1. The lowest BCUT2D eigenvalue weighted by Gasteiger charge is -2.03. The molecule has 0 aliphatic carbocycles. The summed E-state index contributed by atoms with van der Waals surface area (Å²) in [6, 6.07) is 18.6. The average Bonchev–Trinajstić information content (AvgIpc) is 3.54. The lowest BCUT2D eigenvalue weighted by atomic mass is 10.2. The number of rotatable bonds is 6. The van der Waals surface area contributed by atoms with Crippen LogP contribution in [0.1, 0.15) is 18.5 Å². The van der Waals surface area contributed by atoms with E-state index in [0.29, 0.717) is 22.2 Å². The van der Waals surface area contributed by atoms with E-state index in [1.165, 1.54) is 17.4 Å². The Kier molecular flexibility index (Phi) is 5.77. The number of anilines is 1. The van der Waals surface area contributed by atoms with E-state index in [1.807, 2.05) is 55.5 Å². The lowest BCUT2D eigenvalue weighted by Crippen LogP contribution is -2.07. The maximum absolute atomic E-state index is 12.4. The second-order valence-corrected chi connectivity index (χ2v) is 8.58. The molecule has 0 bridgehead atoms. The van der Waals surface area contributed by atoms with Crippen LogP contribution < -0.4 is 5.32 Å². The molecule has 0 unspecified atom stereocenters. The van der Waals surface area contributed by atoms with Crippen molar-refractivity contribution in [3.63, 3.8) is 0 Å². The number of furan rings is 1. The first kappa shape index (κ1) is 21.1. The molecule has 0 saturated heterocycles. The number of benzene rings is 2. The number of carbonyl (C=O) groups is 1. The Morgan fingerprint density at radius 2 is 1.97 bits per heavy atom. The van der Waals surface area contributed by atoms with Crippen molar-refractivity contribution in [3.05, 3.63) is 83.3 Å². The zero-order valence-electron chi connectivity index (χ0n) is 17.5. The predicted molar refractivity (Wildman–Crippen MR) is 130 cm³/mol. The minimum Gasteiger partial charge on any atom is -0.457 e. The van der Waals surface area contributed by atoms with E-state index in [2.05, 4.69) is 20.6 Å². The average molecular weight is 476 g/mol. The van der Waals surface area contributed by atoms with E-state index in [4.69, 9.17) is 16.0 Å². The first-order chi connectivity index (χ1) is 16.1. The highest BCUT2D eigenvalue weighted by Gasteiger charge is 2.12. The molecule has 7 nitrogen and oxygen atoms in total. The normalized spacial score (nSPS) is 11.5. The van der Waals surface area contributed by atoms with E-state index >= 15 is 0 Å². The molecule has 0 radical (unpaired) electrons. The topological polar surface area (TPSA) is 85.3 Å². The van der Waals surface area contributed by atoms with Crippen LogP contribution in [0.5, 0.6) is 0 Å². The monoisotopic (exact) mass is 475 g/mol. The number of aromatic nitrogens is 4. The number of nitrogens with zero attached hydrogens (tertiary/aromatic N) is 4. The van der Waals surface area contributed by atoms with Crippen LogP contribution >= 0.6 is 22.9 Å². The van der Waals surface area contributed by atoms with Crippen LogP contribution in [-0.4, -0.2) is 25.7 Å². The third-order valence-electron chi connectivity index (χ3n) is 4.90. The quantitative estimate of drug-likeness (QED) is 0.305. The van der Waals surface area contributed by atoms with Gasteiger partial charge in [-0.1, -0.05) is 42.0 Å². The molecule has 3 heterocycles. The summed E-state index contributed by atoms with van der Waals surface area (Å²) >= 11 is 7.38. The number of carbonyl (C=O) groups excluding carboxylic acids is 1. The van der Waals surface area contributed by atoms with Crippen molar-refractivity contribution >= 4 is 45.6 Å². The summed E-state index contributed by atoms with van der Waals surface area (Å²) in [6.07, 6.45) is 3.82. The Morgan fingerprint density at radius 1 is 1.12 bits per heavy atom. The van der Waals surface area contributed by atoms with E-state index < -0.39 is 0 Å². The van der Waals surface area contributed by atoms with Crippen LogP contribution in [0, 0.1) is 0 Å². The number of hydrogen-bond acceptors (Lipinski definition) is 6. The summed E-state index contributed by atoms with van der Waals surface area (Å²) in [7, 11) is 0. The van der Waals surface area contributed by atoms with Crippen molar-refractivity contribution in [3.8, 4) is 21.9 Å². The van der Waals surface area contributed by atoms with Gasteiger partial charge in [-0.05, 0) is 54.6 Å². The van der Waals surface area contributed by atoms with Gasteiger partial charge < -0.3 is 9.73 Å². The van der Waals surface area contributed by atoms with Gasteiger partial charge in [0.1, 0.15) is 16.5 Å². The molecule has 2 aromatic carbocycles. The zero-order chi connectivity index (χ0) is 22.8. The molecule has 1 amide bonds. The van der Waals surface area contributed by atoms with Crippen LogP contribution in [0.3, 0.4) is 0 Å². The van der Waals surface area contributed by atoms with E-state index in [-0.39, 0.29) is 5.91 Å². The Morgan fingerprint density at radius 3 is 2.79 bits per heavy atom. The van der Waals surface area contributed by atoms with Crippen molar-refractivity contribution in [1.82, 2.24) is 19.8 Å². The summed E-state index contributed by atoms with van der Waals surface area (Å²) < 4.78 is 7.56. The molecule has 9 heteroatoms. The highest BCUT2D eigenvalue weighted by molar-refractivity contribution is 7.19. The zero-order valence-corrected chi connectivity index (χ0v) is 19.1. The molecule has 5 rings (SSSR count). The highest BCUT2D eigenvalue weighted by Crippen LogP contribution is 2.28. The lowest BCUT2D eigenvalue weighted by molar-refractivity contribution is -0.111. The van der Waals surface area contributed by atoms with Crippen LogP contribution in [0.25, 0.3) is 32.9 Å². The molecular weight excluding hydrogens is 458 g/mol. The smallest absolute Gasteiger partial charge is 0.248 e. The number of fused-ring (bicyclic) bond motifs is 1. The maximum Gasteiger partial charge on any atom is 0.248 e. The largest absolute Gasteiger partial charge is 0.457 e. The van der Waals surface area contributed by atoms with Gasteiger partial charge in [-0.15, -0.1) is 10.2 Å². The predicted octanol–water partition coefficient (Wildman–Crippen LogP) is 5.98. The molecule has 33 heavy (non-hydrogen) atoms. The van der Waals surface area contributed by atoms with E-state index in [1.54, 1.807) is 22.7 Å². The Hall–Kier alpha value is -3.75. The van der Waals surface area contributed by atoms with Gasteiger partial charge in [0.05, 0.1) is 0 Å². The number of halogens is 1. The van der Waals surface area contributed by atoms with Gasteiger partial charge in [-0.3, -0.25) is 4.79 Å². The summed E-state index contributed by atoms with van der Waals surface area (Å²) in [6.45, 7) is 2.01. The first-order valence-corrected chi connectivity index (χ1v) is 11.4. The number of hydrogen-bond donors (Lipinski definition) is 1. The van der Waals surface area contributed by atoms with Gasteiger partial charge in [0.15, 0.2) is 5.82 Å².